The van der Waals surface area contributed by atoms with E-state index in [9.17, 15) is 0 Å². The lowest BCUT2D eigenvalue weighted by Crippen LogP contribution is -2.12. The van der Waals surface area contributed by atoms with Crippen molar-refractivity contribution in [1.29, 1.82) is 0 Å². The Kier molecular flexibility index (Phi) is 10.9. The normalized spacial score (nSPS) is 12.5. The van der Waals surface area contributed by atoms with E-state index in [1.165, 1.54) is 25.7 Å². The largest absolute Gasteiger partial charge is 0.476 e. The van der Waals surface area contributed by atoms with E-state index in [4.69, 9.17) is 9.47 Å². The predicted molar refractivity (Wildman–Crippen MR) is 71.7 cm³/mol. The first-order chi connectivity index (χ1) is 7.20. The molecule has 0 saturated heterocycles. The lowest BCUT2D eigenvalue weighted by Gasteiger charge is -2.14. The minimum absolute atomic E-state index is 0.289. The first kappa shape index (κ1) is 15.2. The van der Waals surface area contributed by atoms with Crippen molar-refractivity contribution in [1.82, 2.24) is 0 Å². The Hall–Kier alpha value is 0.200. The van der Waals surface area contributed by atoms with Crippen molar-refractivity contribution in [2.75, 3.05) is 19.8 Å². The van der Waals surface area contributed by atoms with Crippen molar-refractivity contribution in [3.05, 3.63) is 0 Å². The molecule has 0 rings (SSSR count). The van der Waals surface area contributed by atoms with Gasteiger partial charge in [-0.2, -0.15) is 0 Å². The van der Waals surface area contributed by atoms with Crippen LogP contribution in [0.1, 0.15) is 39.5 Å². The summed E-state index contributed by atoms with van der Waals surface area (Å²) in [6, 6.07) is 0. The van der Waals surface area contributed by atoms with Gasteiger partial charge in [0.05, 0.1) is 6.61 Å². The van der Waals surface area contributed by atoms with Gasteiger partial charge in [0.2, 0.25) is 4.38 Å². The van der Waals surface area contributed by atoms with Gasteiger partial charge in [0.1, 0.15) is 6.61 Å². The highest BCUT2D eigenvalue weighted by Gasteiger charge is 2.05. The van der Waals surface area contributed by atoms with E-state index in [0.717, 1.165) is 6.61 Å². The van der Waals surface area contributed by atoms with Gasteiger partial charge in [-0.05, 0) is 24.6 Å². The minimum Gasteiger partial charge on any atom is -0.476 e. The Morgan fingerprint density at radius 1 is 1.33 bits per heavy atom. The van der Waals surface area contributed by atoms with Crippen LogP contribution < -0.4 is 0 Å². The lowest BCUT2D eigenvalue weighted by atomic mass is 10.0. The third-order valence-corrected chi connectivity index (χ3v) is 2.60. The van der Waals surface area contributed by atoms with Crippen molar-refractivity contribution in [2.24, 2.45) is 5.92 Å². The lowest BCUT2D eigenvalue weighted by molar-refractivity contribution is 0.0691. The molecular weight excluding hydrogens is 228 g/mol. The molecule has 0 aromatic carbocycles. The fraction of sp³-hybridized carbons (Fsp3) is 0.909. The highest BCUT2D eigenvalue weighted by molar-refractivity contribution is 8.10. The van der Waals surface area contributed by atoms with Crippen LogP contribution in [0.25, 0.3) is 0 Å². The van der Waals surface area contributed by atoms with Crippen LogP contribution in [0.2, 0.25) is 0 Å². The maximum absolute atomic E-state index is 5.52. The summed E-state index contributed by atoms with van der Waals surface area (Å²) in [5.41, 5.74) is 0. The minimum atomic E-state index is 0.289. The molecule has 0 aliphatic heterocycles. The molecule has 0 spiro atoms. The zero-order valence-corrected chi connectivity index (χ0v) is 11.4. The first-order valence-corrected chi connectivity index (χ1v) is 6.49. The molecule has 0 heterocycles. The molecule has 2 nitrogen and oxygen atoms in total. The number of hydrogen-bond acceptors (Lipinski definition) is 3. The zero-order valence-electron chi connectivity index (χ0n) is 9.70. The third-order valence-electron chi connectivity index (χ3n) is 2.35. The van der Waals surface area contributed by atoms with Crippen molar-refractivity contribution >= 4 is 29.2 Å². The van der Waals surface area contributed by atoms with Gasteiger partial charge in [-0.25, -0.2) is 0 Å². The van der Waals surface area contributed by atoms with Crippen LogP contribution in [-0.4, -0.2) is 24.2 Å². The van der Waals surface area contributed by atoms with Crippen molar-refractivity contribution in [3.63, 3.8) is 0 Å². The average Bonchev–Trinajstić information content (AvgIpc) is 2.21. The Morgan fingerprint density at radius 3 is 2.60 bits per heavy atom. The summed E-state index contributed by atoms with van der Waals surface area (Å²) in [7, 11) is 0. The second-order valence-electron chi connectivity index (χ2n) is 3.61. The van der Waals surface area contributed by atoms with E-state index in [1.54, 1.807) is 0 Å². The van der Waals surface area contributed by atoms with Crippen LogP contribution in [0.15, 0.2) is 0 Å². The molecule has 0 aromatic rings. The molecule has 0 bridgehead atoms. The summed E-state index contributed by atoms with van der Waals surface area (Å²) in [5.74, 6) is 0.688. The zero-order chi connectivity index (χ0) is 11.5. The number of hydrogen-bond donors (Lipinski definition) is 1. The maximum Gasteiger partial charge on any atom is 0.216 e. The summed E-state index contributed by atoms with van der Waals surface area (Å²) in [4.78, 5) is 0. The number of ether oxygens (including phenoxy) is 2. The van der Waals surface area contributed by atoms with Crippen LogP contribution in [0.5, 0.6) is 0 Å². The Balaban J connectivity index is 3.33. The smallest absolute Gasteiger partial charge is 0.216 e. The van der Waals surface area contributed by atoms with Crippen molar-refractivity contribution < 1.29 is 9.47 Å². The van der Waals surface area contributed by atoms with Gasteiger partial charge in [-0.15, -0.1) is 0 Å². The summed E-state index contributed by atoms with van der Waals surface area (Å²) < 4.78 is 10.8. The van der Waals surface area contributed by atoms with Gasteiger partial charge in [0.25, 0.3) is 0 Å². The molecule has 0 radical (unpaired) electrons. The van der Waals surface area contributed by atoms with Gasteiger partial charge < -0.3 is 9.47 Å². The highest BCUT2D eigenvalue weighted by Crippen LogP contribution is 2.12. The van der Waals surface area contributed by atoms with E-state index in [0.29, 0.717) is 19.1 Å². The van der Waals surface area contributed by atoms with Crippen LogP contribution >= 0.6 is 24.8 Å². The predicted octanol–water partition coefficient (Wildman–Crippen LogP) is 3.45. The monoisotopic (exact) mass is 250 g/mol. The second kappa shape index (κ2) is 10.7. The molecule has 4 heteroatoms. The summed E-state index contributed by atoms with van der Waals surface area (Å²) in [6.07, 6.45) is 5.00. The standard InChI is InChI=1S/C11H22O2S2/c1-3-5-6-10(4-2)9-12-7-8-13-11(14)15/h10H,3-9H2,1-2H3,(H,14,15). The number of rotatable bonds is 9. The SMILES string of the molecule is CCCCC(CC)COCCOC(=S)S. The fourth-order valence-corrected chi connectivity index (χ4v) is 1.51. The summed E-state index contributed by atoms with van der Waals surface area (Å²) >= 11 is 8.52. The molecule has 0 aliphatic carbocycles. The van der Waals surface area contributed by atoms with E-state index in [1.807, 2.05) is 0 Å². The van der Waals surface area contributed by atoms with E-state index in [-0.39, 0.29) is 4.38 Å². The molecule has 0 aromatic heterocycles. The number of thiol groups is 1. The number of thiocarbonyl (C=S) groups is 1. The molecule has 0 saturated carbocycles. The van der Waals surface area contributed by atoms with Crippen LogP contribution in [-0.2, 0) is 9.47 Å². The highest BCUT2D eigenvalue weighted by atomic mass is 32.1. The molecule has 0 fully saturated rings. The van der Waals surface area contributed by atoms with E-state index >= 15 is 0 Å². The van der Waals surface area contributed by atoms with E-state index < -0.39 is 0 Å². The van der Waals surface area contributed by atoms with Gasteiger partial charge in [0.15, 0.2) is 0 Å². The molecular formula is C11H22O2S2. The molecule has 0 amide bonds. The molecule has 0 N–H and O–H groups in total. The second-order valence-corrected chi connectivity index (χ2v) is 4.69. The third kappa shape index (κ3) is 10.5. The average molecular weight is 250 g/mol. The summed E-state index contributed by atoms with van der Waals surface area (Å²) in [5, 5.41) is 0. The summed E-state index contributed by atoms with van der Waals surface area (Å²) in [6.45, 7) is 6.37. The van der Waals surface area contributed by atoms with Gasteiger partial charge in [0, 0.05) is 6.61 Å². The van der Waals surface area contributed by atoms with Crippen LogP contribution in [0.4, 0.5) is 0 Å². The number of unbranched alkanes of at least 4 members (excludes halogenated alkanes) is 1. The Morgan fingerprint density at radius 2 is 2.07 bits per heavy atom. The Labute approximate surface area is 104 Å². The van der Waals surface area contributed by atoms with Crippen LogP contribution in [0, 0.1) is 5.92 Å². The van der Waals surface area contributed by atoms with E-state index in [2.05, 4.69) is 38.7 Å². The Bertz CT molecular complexity index is 163. The fourth-order valence-electron chi connectivity index (χ4n) is 1.34. The van der Waals surface area contributed by atoms with Crippen LogP contribution in [0.3, 0.4) is 0 Å². The molecule has 15 heavy (non-hydrogen) atoms. The first-order valence-electron chi connectivity index (χ1n) is 5.64. The molecule has 90 valence electrons. The topological polar surface area (TPSA) is 18.5 Å². The van der Waals surface area contributed by atoms with Crippen molar-refractivity contribution in [2.45, 2.75) is 39.5 Å². The maximum atomic E-state index is 5.52. The van der Waals surface area contributed by atoms with Gasteiger partial charge in [-0.1, -0.05) is 45.7 Å². The van der Waals surface area contributed by atoms with Gasteiger partial charge >= 0.3 is 0 Å². The molecule has 1 atom stereocenters. The van der Waals surface area contributed by atoms with Gasteiger partial charge in [-0.3, -0.25) is 0 Å². The van der Waals surface area contributed by atoms with Crippen molar-refractivity contribution in [3.8, 4) is 0 Å². The molecule has 0 aliphatic rings. The molecule has 1 unspecified atom stereocenters. The quantitative estimate of drug-likeness (QED) is 0.384.